The highest BCUT2D eigenvalue weighted by atomic mass is 32.2. The van der Waals surface area contributed by atoms with E-state index in [4.69, 9.17) is 0 Å². The van der Waals surface area contributed by atoms with E-state index in [1.54, 1.807) is 25.9 Å². The lowest BCUT2D eigenvalue weighted by Crippen LogP contribution is -2.63. The molecule has 0 saturated carbocycles. The lowest BCUT2D eigenvalue weighted by Gasteiger charge is -2.46. The van der Waals surface area contributed by atoms with Crippen LogP contribution >= 0.6 is 11.8 Å². The molecule has 0 aromatic rings. The Morgan fingerprint density at radius 3 is 2.56 bits per heavy atom. The van der Waals surface area contributed by atoms with Crippen LogP contribution in [-0.2, 0) is 14.4 Å². The first-order valence-electron chi connectivity index (χ1n) is 9.22. The quantitative estimate of drug-likeness (QED) is 0.558. The number of hydrogen-bond donors (Lipinski definition) is 3. The summed E-state index contributed by atoms with van der Waals surface area (Å²) in [7, 11) is 3.46. The number of aliphatic hydroxyl groups is 1. The van der Waals surface area contributed by atoms with E-state index in [0.717, 1.165) is 0 Å². The van der Waals surface area contributed by atoms with Gasteiger partial charge in [0.05, 0.1) is 24.0 Å². The van der Waals surface area contributed by atoms with Crippen molar-refractivity contribution in [3.05, 3.63) is 10.6 Å². The number of fused-ring (bicyclic) bond motifs is 1. The van der Waals surface area contributed by atoms with Gasteiger partial charge in [0, 0.05) is 43.3 Å². The Morgan fingerprint density at radius 1 is 1.33 bits per heavy atom. The molecule has 150 valence electrons. The number of nitrogens with zero attached hydrogens (tertiary/aromatic N) is 2. The third-order valence-electron chi connectivity index (χ3n) is 5.70. The van der Waals surface area contributed by atoms with Gasteiger partial charge in [0.1, 0.15) is 5.70 Å². The second-order valence-electron chi connectivity index (χ2n) is 7.84. The van der Waals surface area contributed by atoms with Crippen LogP contribution in [0.2, 0.25) is 0 Å². The van der Waals surface area contributed by atoms with Gasteiger partial charge in [-0.2, -0.15) is 0 Å². The summed E-state index contributed by atoms with van der Waals surface area (Å²) < 4.78 is 0. The van der Waals surface area contributed by atoms with E-state index in [1.165, 1.54) is 16.7 Å². The second kappa shape index (κ2) is 7.44. The zero-order valence-corrected chi connectivity index (χ0v) is 16.8. The molecule has 0 aromatic carbocycles. The Morgan fingerprint density at radius 2 is 2.00 bits per heavy atom. The highest BCUT2D eigenvalue weighted by Crippen LogP contribution is 2.51. The fourth-order valence-electron chi connectivity index (χ4n) is 4.40. The van der Waals surface area contributed by atoms with Gasteiger partial charge in [-0.1, -0.05) is 6.92 Å². The van der Waals surface area contributed by atoms with Crippen molar-refractivity contribution in [3.63, 3.8) is 0 Å². The molecule has 2 amide bonds. The first-order chi connectivity index (χ1) is 12.6. The van der Waals surface area contributed by atoms with Gasteiger partial charge in [-0.3, -0.25) is 9.59 Å². The number of carboxylic acids is 1. The molecule has 0 bridgehead atoms. The number of aliphatic hydroxyl groups excluding tert-OH is 1. The molecule has 2 fully saturated rings. The van der Waals surface area contributed by atoms with Gasteiger partial charge in [-0.15, -0.1) is 11.8 Å². The van der Waals surface area contributed by atoms with Crippen molar-refractivity contribution in [2.75, 3.05) is 27.2 Å². The maximum atomic E-state index is 12.4. The van der Waals surface area contributed by atoms with Crippen LogP contribution in [0.1, 0.15) is 20.3 Å². The van der Waals surface area contributed by atoms with E-state index in [2.05, 4.69) is 5.32 Å². The summed E-state index contributed by atoms with van der Waals surface area (Å²) >= 11 is 1.46. The van der Waals surface area contributed by atoms with Crippen LogP contribution in [-0.4, -0.2) is 82.4 Å². The summed E-state index contributed by atoms with van der Waals surface area (Å²) in [6, 6.07) is -0.304. The van der Waals surface area contributed by atoms with Gasteiger partial charge >= 0.3 is 5.97 Å². The number of hydrogen-bond acceptors (Lipinski definition) is 6. The third-order valence-corrected chi connectivity index (χ3v) is 7.22. The number of carbonyl (C=O) groups excluding carboxylic acids is 2. The van der Waals surface area contributed by atoms with E-state index in [1.807, 2.05) is 6.92 Å². The standard InChI is InChI=1S/C18H27N3O5S/c1-8-13-12(9(2)22)17(24)21(13)14(18(25)26)15(8)27-11-5-10(6-19-7-11)16(23)20(3)4/h8-13,19,22H,5-7H2,1-4H3,(H,25,26)/t8-,9-,10+,11+,12-,13-/m1/s1. The Balaban J connectivity index is 1.80. The minimum atomic E-state index is -1.12. The number of aliphatic carboxylic acids is 1. The molecule has 3 rings (SSSR count). The largest absolute Gasteiger partial charge is 0.477 e. The van der Waals surface area contributed by atoms with Crippen LogP contribution in [0, 0.1) is 17.8 Å². The molecule has 3 N–H and O–H groups in total. The highest BCUT2D eigenvalue weighted by Gasteiger charge is 2.60. The number of amides is 2. The second-order valence-corrected chi connectivity index (χ2v) is 9.18. The fraction of sp³-hybridized carbons (Fsp3) is 0.722. The molecule has 0 unspecified atom stereocenters. The van der Waals surface area contributed by atoms with Crippen LogP contribution in [0.3, 0.4) is 0 Å². The van der Waals surface area contributed by atoms with E-state index < -0.39 is 18.0 Å². The van der Waals surface area contributed by atoms with Crippen LogP contribution in [0.25, 0.3) is 0 Å². The molecule has 9 heteroatoms. The number of thioether (sulfide) groups is 1. The third kappa shape index (κ3) is 3.36. The Bertz CT molecular complexity index is 692. The summed E-state index contributed by atoms with van der Waals surface area (Å²) in [5.74, 6) is -2.22. The minimum Gasteiger partial charge on any atom is -0.477 e. The minimum absolute atomic E-state index is 0.0421. The topological polar surface area (TPSA) is 110 Å². The average Bonchev–Trinajstić information content (AvgIpc) is 2.83. The number of rotatable bonds is 5. The summed E-state index contributed by atoms with van der Waals surface area (Å²) in [6.45, 7) is 4.78. The molecule has 2 saturated heterocycles. The maximum absolute atomic E-state index is 12.4. The summed E-state index contributed by atoms with van der Waals surface area (Å²) in [5.41, 5.74) is 0.0421. The van der Waals surface area contributed by atoms with Crippen LogP contribution in [0.15, 0.2) is 10.6 Å². The predicted octanol–water partition coefficient (Wildman–Crippen LogP) is -0.0604. The molecular formula is C18H27N3O5S. The van der Waals surface area contributed by atoms with Crippen molar-refractivity contribution < 1.29 is 24.6 Å². The van der Waals surface area contributed by atoms with Gasteiger partial charge in [0.2, 0.25) is 11.8 Å². The maximum Gasteiger partial charge on any atom is 0.353 e. The zero-order valence-electron chi connectivity index (χ0n) is 16.0. The first-order valence-corrected chi connectivity index (χ1v) is 10.1. The Hall–Kier alpha value is -1.58. The lowest BCUT2D eigenvalue weighted by atomic mass is 9.79. The summed E-state index contributed by atoms with van der Waals surface area (Å²) in [5, 5.41) is 22.9. The van der Waals surface area contributed by atoms with Gasteiger partial charge in [-0.05, 0) is 13.3 Å². The van der Waals surface area contributed by atoms with Gasteiger partial charge in [0.15, 0.2) is 0 Å². The molecule has 0 spiro atoms. The van der Waals surface area contributed by atoms with Gasteiger partial charge in [-0.25, -0.2) is 4.79 Å². The van der Waals surface area contributed by atoms with Crippen molar-refractivity contribution >= 4 is 29.5 Å². The van der Waals surface area contributed by atoms with Gasteiger partial charge < -0.3 is 25.3 Å². The molecular weight excluding hydrogens is 370 g/mol. The zero-order chi connectivity index (χ0) is 20.0. The SMILES string of the molecule is C[C@@H](O)[C@H]1C(=O)N2C(C(=O)O)=C(S[C@@H]3CNC[C@@H](C(=O)N(C)C)C3)[C@H](C)[C@H]12. The van der Waals surface area contributed by atoms with Gasteiger partial charge in [0.25, 0.3) is 0 Å². The lowest BCUT2D eigenvalue weighted by molar-refractivity contribution is -0.163. The van der Waals surface area contributed by atoms with E-state index in [9.17, 15) is 24.6 Å². The number of nitrogens with one attached hydrogen (secondary N) is 1. The van der Waals surface area contributed by atoms with Crippen molar-refractivity contribution in [1.29, 1.82) is 0 Å². The normalized spacial score (nSPS) is 34.2. The van der Waals surface area contributed by atoms with E-state index in [-0.39, 0.29) is 40.6 Å². The van der Waals surface area contributed by atoms with Crippen LogP contribution in [0.5, 0.6) is 0 Å². The van der Waals surface area contributed by atoms with Crippen LogP contribution < -0.4 is 5.32 Å². The highest BCUT2D eigenvalue weighted by molar-refractivity contribution is 8.03. The molecule has 0 aliphatic carbocycles. The van der Waals surface area contributed by atoms with E-state index in [0.29, 0.717) is 24.4 Å². The summed E-state index contributed by atoms with van der Waals surface area (Å²) in [4.78, 5) is 40.1. The van der Waals surface area contributed by atoms with Crippen molar-refractivity contribution in [1.82, 2.24) is 15.1 Å². The monoisotopic (exact) mass is 397 g/mol. The molecule has 3 aliphatic heterocycles. The first kappa shape index (κ1) is 20.2. The molecule has 3 heterocycles. The molecule has 0 radical (unpaired) electrons. The molecule has 8 nitrogen and oxygen atoms in total. The van der Waals surface area contributed by atoms with Crippen molar-refractivity contribution in [2.45, 2.75) is 37.7 Å². The number of carboxylic acid groups (broad SMARTS) is 1. The average molecular weight is 397 g/mol. The number of piperidine rings is 1. The smallest absolute Gasteiger partial charge is 0.353 e. The van der Waals surface area contributed by atoms with Crippen LogP contribution in [0.4, 0.5) is 0 Å². The Labute approximate surface area is 163 Å². The van der Waals surface area contributed by atoms with E-state index >= 15 is 0 Å². The number of β-lactam (4-membered cyclic amide) rings is 1. The number of carbonyl (C=O) groups is 3. The van der Waals surface area contributed by atoms with Crippen molar-refractivity contribution in [2.24, 2.45) is 17.8 Å². The molecule has 6 atom stereocenters. The molecule has 0 aromatic heterocycles. The molecule has 27 heavy (non-hydrogen) atoms. The Kier molecular flexibility index (Phi) is 5.56. The van der Waals surface area contributed by atoms with Crippen molar-refractivity contribution in [3.8, 4) is 0 Å². The fourth-order valence-corrected chi connectivity index (χ4v) is 5.94. The molecule has 3 aliphatic rings. The predicted molar refractivity (Wildman–Crippen MR) is 101 cm³/mol. The summed E-state index contributed by atoms with van der Waals surface area (Å²) in [6.07, 6.45) is -0.144.